The summed E-state index contributed by atoms with van der Waals surface area (Å²) in [7, 11) is 4.02. The summed E-state index contributed by atoms with van der Waals surface area (Å²) in [6, 6.07) is 11.6. The molecule has 3 rings (SSSR count). The number of hydrogen-bond donors (Lipinski definition) is 1. The van der Waals surface area contributed by atoms with Gasteiger partial charge in [-0.15, -0.1) is 0 Å². The van der Waals surface area contributed by atoms with Crippen LogP contribution in [0.5, 0.6) is 0 Å². The van der Waals surface area contributed by atoms with Gasteiger partial charge in [0.05, 0.1) is 0 Å². The molecule has 1 N–H and O–H groups in total. The average molecular weight is 326 g/mol. The maximum absolute atomic E-state index is 12.9. The van der Waals surface area contributed by atoms with Gasteiger partial charge in [-0.25, -0.2) is 4.39 Å². The summed E-state index contributed by atoms with van der Waals surface area (Å²) < 4.78 is 18.7. The first kappa shape index (κ1) is 16.2. The summed E-state index contributed by atoms with van der Waals surface area (Å²) >= 11 is 0. The molecule has 0 radical (unpaired) electrons. The van der Waals surface area contributed by atoms with Gasteiger partial charge in [0.15, 0.2) is 5.76 Å². The number of fused-ring (bicyclic) bond motifs is 1. The molecule has 1 amide bonds. The van der Waals surface area contributed by atoms with E-state index in [4.69, 9.17) is 4.42 Å². The van der Waals surface area contributed by atoms with Crippen LogP contribution in [0.3, 0.4) is 0 Å². The lowest BCUT2D eigenvalue weighted by atomic mass is 10.1. The number of nitrogens with zero attached hydrogens (tertiary/aromatic N) is 1. The zero-order valence-corrected chi connectivity index (χ0v) is 13.9. The topological polar surface area (TPSA) is 45.5 Å². The molecule has 1 heterocycles. The second-order valence-corrected chi connectivity index (χ2v) is 6.09. The predicted molar refractivity (Wildman–Crippen MR) is 92.7 cm³/mol. The molecule has 0 saturated heterocycles. The Morgan fingerprint density at radius 3 is 2.54 bits per heavy atom. The number of benzene rings is 2. The highest BCUT2D eigenvalue weighted by atomic mass is 19.1. The van der Waals surface area contributed by atoms with Crippen LogP contribution in [0.4, 0.5) is 10.1 Å². The highest BCUT2D eigenvalue weighted by molar-refractivity contribution is 6.06. The van der Waals surface area contributed by atoms with Crippen LogP contribution in [0.2, 0.25) is 0 Å². The van der Waals surface area contributed by atoms with Gasteiger partial charge >= 0.3 is 0 Å². The van der Waals surface area contributed by atoms with Crippen LogP contribution in [0.15, 0.2) is 46.9 Å². The SMILES string of the molecule is Cc1c(C(=O)Nc2ccc(F)cc2)oc2ccc(CN(C)C)cc12. The molecule has 0 unspecified atom stereocenters. The summed E-state index contributed by atoms with van der Waals surface area (Å²) in [6.45, 7) is 2.68. The van der Waals surface area contributed by atoms with Crippen LogP contribution in [-0.2, 0) is 6.54 Å². The van der Waals surface area contributed by atoms with Gasteiger partial charge in [-0.05, 0) is 63.0 Å². The standard InChI is InChI=1S/C19H19FN2O2/c1-12-16-10-13(11-22(2)3)4-9-17(16)24-18(12)19(23)21-15-7-5-14(20)6-8-15/h4-10H,11H2,1-3H3,(H,21,23). The number of carbonyl (C=O) groups excluding carboxylic acids is 1. The van der Waals surface area contributed by atoms with E-state index < -0.39 is 0 Å². The predicted octanol–water partition coefficient (Wildman–Crippen LogP) is 4.19. The Bertz CT molecular complexity index is 882. The fourth-order valence-electron chi connectivity index (χ4n) is 2.67. The van der Waals surface area contributed by atoms with E-state index in [-0.39, 0.29) is 17.5 Å². The fraction of sp³-hybridized carbons (Fsp3) is 0.211. The van der Waals surface area contributed by atoms with Crippen LogP contribution in [0.1, 0.15) is 21.7 Å². The molecule has 3 aromatic rings. The molecule has 124 valence electrons. The van der Waals surface area contributed by atoms with E-state index in [9.17, 15) is 9.18 Å². The molecule has 0 aliphatic heterocycles. The van der Waals surface area contributed by atoms with E-state index in [0.29, 0.717) is 11.3 Å². The van der Waals surface area contributed by atoms with Crippen molar-refractivity contribution in [2.75, 3.05) is 19.4 Å². The van der Waals surface area contributed by atoms with Crippen LogP contribution in [-0.4, -0.2) is 24.9 Å². The lowest BCUT2D eigenvalue weighted by molar-refractivity contribution is 0.0998. The average Bonchev–Trinajstić information content (AvgIpc) is 2.86. The Morgan fingerprint density at radius 1 is 1.17 bits per heavy atom. The lowest BCUT2D eigenvalue weighted by Crippen LogP contribution is -2.12. The molecule has 0 bridgehead atoms. The van der Waals surface area contributed by atoms with Crippen LogP contribution >= 0.6 is 0 Å². The van der Waals surface area contributed by atoms with Crippen LogP contribution < -0.4 is 5.32 Å². The number of nitrogens with one attached hydrogen (secondary N) is 1. The molecule has 5 heteroatoms. The van der Waals surface area contributed by atoms with Crippen LogP contribution in [0, 0.1) is 12.7 Å². The first-order chi connectivity index (χ1) is 11.4. The largest absolute Gasteiger partial charge is 0.451 e. The van der Waals surface area contributed by atoms with Gasteiger partial charge in [-0.3, -0.25) is 4.79 Å². The molecule has 0 aliphatic rings. The third kappa shape index (κ3) is 3.31. The molecule has 24 heavy (non-hydrogen) atoms. The monoisotopic (exact) mass is 326 g/mol. The van der Waals surface area contributed by atoms with E-state index in [1.165, 1.54) is 24.3 Å². The summed E-state index contributed by atoms with van der Waals surface area (Å²) in [4.78, 5) is 14.5. The first-order valence-corrected chi connectivity index (χ1v) is 7.67. The lowest BCUT2D eigenvalue weighted by Gasteiger charge is -2.09. The number of rotatable bonds is 4. The fourth-order valence-corrected chi connectivity index (χ4v) is 2.67. The molecule has 0 fully saturated rings. The van der Waals surface area contributed by atoms with E-state index in [1.54, 1.807) is 0 Å². The molecule has 0 aliphatic carbocycles. The summed E-state index contributed by atoms with van der Waals surface area (Å²) in [5.74, 6) is -0.415. The zero-order chi connectivity index (χ0) is 17.3. The second-order valence-electron chi connectivity index (χ2n) is 6.09. The highest BCUT2D eigenvalue weighted by Crippen LogP contribution is 2.27. The molecule has 0 atom stereocenters. The van der Waals surface area contributed by atoms with Crippen molar-refractivity contribution in [2.45, 2.75) is 13.5 Å². The number of furan rings is 1. The Balaban J connectivity index is 1.90. The Hall–Kier alpha value is -2.66. The molecule has 1 aromatic heterocycles. The van der Waals surface area contributed by atoms with Crippen molar-refractivity contribution in [1.82, 2.24) is 4.90 Å². The summed E-state index contributed by atoms with van der Waals surface area (Å²) in [5.41, 5.74) is 3.15. The minimum atomic E-state index is -0.346. The molecule has 0 saturated carbocycles. The van der Waals surface area contributed by atoms with Gasteiger partial charge in [0.1, 0.15) is 11.4 Å². The van der Waals surface area contributed by atoms with Gasteiger partial charge in [-0.2, -0.15) is 0 Å². The summed E-state index contributed by atoms with van der Waals surface area (Å²) in [6.07, 6.45) is 0. The Labute approximate surface area is 139 Å². The zero-order valence-electron chi connectivity index (χ0n) is 13.9. The minimum absolute atomic E-state index is 0.274. The van der Waals surface area contributed by atoms with E-state index in [1.807, 2.05) is 39.2 Å². The quantitative estimate of drug-likeness (QED) is 0.782. The number of carbonyl (C=O) groups is 1. The van der Waals surface area contributed by atoms with Gasteiger partial charge in [0.2, 0.25) is 0 Å². The van der Waals surface area contributed by atoms with Crippen molar-refractivity contribution in [3.8, 4) is 0 Å². The van der Waals surface area contributed by atoms with Crippen molar-refractivity contribution in [1.29, 1.82) is 0 Å². The van der Waals surface area contributed by atoms with Crippen LogP contribution in [0.25, 0.3) is 11.0 Å². The molecular weight excluding hydrogens is 307 g/mol. The number of aryl methyl sites for hydroxylation is 1. The Morgan fingerprint density at radius 2 is 1.88 bits per heavy atom. The third-order valence-electron chi connectivity index (χ3n) is 3.81. The summed E-state index contributed by atoms with van der Waals surface area (Å²) in [5, 5.41) is 3.66. The van der Waals surface area contributed by atoms with E-state index in [0.717, 1.165) is 23.1 Å². The van der Waals surface area contributed by atoms with E-state index in [2.05, 4.69) is 10.2 Å². The third-order valence-corrected chi connectivity index (χ3v) is 3.81. The maximum atomic E-state index is 12.9. The number of halogens is 1. The molecule has 2 aromatic carbocycles. The van der Waals surface area contributed by atoms with Crippen molar-refractivity contribution in [3.05, 3.63) is 65.2 Å². The molecule has 0 spiro atoms. The van der Waals surface area contributed by atoms with Gasteiger partial charge in [0, 0.05) is 23.2 Å². The van der Waals surface area contributed by atoms with Crippen molar-refractivity contribution in [3.63, 3.8) is 0 Å². The molecular formula is C19H19FN2O2. The molecule has 4 nitrogen and oxygen atoms in total. The second kappa shape index (κ2) is 6.45. The normalized spacial score (nSPS) is 11.2. The first-order valence-electron chi connectivity index (χ1n) is 7.67. The van der Waals surface area contributed by atoms with Crippen molar-refractivity contribution >= 4 is 22.6 Å². The van der Waals surface area contributed by atoms with Gasteiger partial charge < -0.3 is 14.6 Å². The maximum Gasteiger partial charge on any atom is 0.291 e. The minimum Gasteiger partial charge on any atom is -0.451 e. The smallest absolute Gasteiger partial charge is 0.291 e. The number of hydrogen-bond acceptors (Lipinski definition) is 3. The van der Waals surface area contributed by atoms with Gasteiger partial charge in [-0.1, -0.05) is 6.07 Å². The number of anilines is 1. The van der Waals surface area contributed by atoms with Crippen molar-refractivity contribution < 1.29 is 13.6 Å². The highest BCUT2D eigenvalue weighted by Gasteiger charge is 2.18. The van der Waals surface area contributed by atoms with E-state index >= 15 is 0 Å². The Kier molecular flexibility index (Phi) is 4.36. The van der Waals surface area contributed by atoms with Gasteiger partial charge in [0.25, 0.3) is 5.91 Å². The van der Waals surface area contributed by atoms with Crippen molar-refractivity contribution in [2.24, 2.45) is 0 Å². The number of amides is 1.